The number of aromatic nitrogens is 2. The fraction of sp³-hybridized carbons (Fsp3) is 0.529. The number of anilines is 1. The SMILES string of the molecule is [HH].c1ccc(CCCc2nnc(NC3(C4CCCO4)CO3)s2)cc1. The van der Waals surface area contributed by atoms with Crippen molar-refractivity contribution in [2.24, 2.45) is 0 Å². The molecule has 0 radical (unpaired) electrons. The van der Waals surface area contributed by atoms with Gasteiger partial charge in [-0.3, -0.25) is 0 Å². The van der Waals surface area contributed by atoms with Crippen LogP contribution in [0, 0.1) is 0 Å². The normalized spacial score (nSPS) is 26.3. The zero-order valence-electron chi connectivity index (χ0n) is 13.0. The van der Waals surface area contributed by atoms with Crippen LogP contribution >= 0.6 is 11.3 Å². The van der Waals surface area contributed by atoms with Gasteiger partial charge in [-0.1, -0.05) is 41.7 Å². The highest BCUT2D eigenvalue weighted by molar-refractivity contribution is 7.15. The molecule has 0 bridgehead atoms. The number of nitrogens with zero attached hydrogens (tertiary/aromatic N) is 2. The first-order chi connectivity index (χ1) is 11.3. The zero-order valence-corrected chi connectivity index (χ0v) is 13.8. The Balaban J connectivity index is 0.00000169. The molecule has 124 valence electrons. The van der Waals surface area contributed by atoms with Gasteiger partial charge in [0.25, 0.3) is 0 Å². The summed E-state index contributed by atoms with van der Waals surface area (Å²) in [5.41, 5.74) is 1.02. The van der Waals surface area contributed by atoms with Crippen LogP contribution in [0.15, 0.2) is 30.3 Å². The second-order valence-corrected chi connectivity index (χ2v) is 7.21. The number of epoxide rings is 1. The molecule has 2 fully saturated rings. The van der Waals surface area contributed by atoms with Gasteiger partial charge < -0.3 is 14.8 Å². The summed E-state index contributed by atoms with van der Waals surface area (Å²) in [5, 5.41) is 13.9. The Bertz CT molecular complexity index is 642. The van der Waals surface area contributed by atoms with Crippen LogP contribution in [-0.4, -0.2) is 35.2 Å². The molecule has 2 aliphatic heterocycles. The maximum atomic E-state index is 5.74. The summed E-state index contributed by atoms with van der Waals surface area (Å²) < 4.78 is 11.4. The van der Waals surface area contributed by atoms with Crippen molar-refractivity contribution in [3.8, 4) is 0 Å². The van der Waals surface area contributed by atoms with Gasteiger partial charge >= 0.3 is 0 Å². The van der Waals surface area contributed by atoms with E-state index in [9.17, 15) is 0 Å². The van der Waals surface area contributed by atoms with Crippen molar-refractivity contribution in [1.82, 2.24) is 10.2 Å². The van der Waals surface area contributed by atoms with Gasteiger partial charge in [0.15, 0.2) is 5.72 Å². The summed E-state index contributed by atoms with van der Waals surface area (Å²) in [6.07, 6.45) is 5.43. The predicted octanol–water partition coefficient (Wildman–Crippen LogP) is 3.28. The lowest BCUT2D eigenvalue weighted by Crippen LogP contribution is -2.37. The lowest BCUT2D eigenvalue weighted by atomic mass is 10.1. The molecular formula is C17H23N3O2S. The molecule has 23 heavy (non-hydrogen) atoms. The van der Waals surface area contributed by atoms with Crippen molar-refractivity contribution in [3.05, 3.63) is 40.9 Å². The average Bonchev–Trinajstić information content (AvgIpc) is 3.00. The maximum Gasteiger partial charge on any atom is 0.208 e. The Morgan fingerprint density at radius 1 is 1.26 bits per heavy atom. The van der Waals surface area contributed by atoms with Crippen molar-refractivity contribution in [2.75, 3.05) is 18.5 Å². The Labute approximate surface area is 141 Å². The third-order valence-corrected chi connectivity index (χ3v) is 5.29. The van der Waals surface area contributed by atoms with E-state index in [-0.39, 0.29) is 13.3 Å². The number of nitrogens with one attached hydrogen (secondary N) is 1. The first kappa shape index (κ1) is 15.1. The van der Waals surface area contributed by atoms with E-state index in [1.807, 2.05) is 0 Å². The molecule has 0 saturated carbocycles. The Kier molecular flexibility index (Phi) is 4.29. The van der Waals surface area contributed by atoms with E-state index in [0.717, 1.165) is 48.9 Å². The third-order valence-electron chi connectivity index (χ3n) is 4.39. The second-order valence-electron chi connectivity index (χ2n) is 6.14. The topological polar surface area (TPSA) is 59.6 Å². The Hall–Kier alpha value is -1.50. The fourth-order valence-corrected chi connectivity index (χ4v) is 3.89. The van der Waals surface area contributed by atoms with E-state index in [2.05, 4.69) is 45.8 Å². The first-order valence-electron chi connectivity index (χ1n) is 8.24. The monoisotopic (exact) mass is 333 g/mol. The number of rotatable bonds is 7. The summed E-state index contributed by atoms with van der Waals surface area (Å²) in [4.78, 5) is 0. The number of hydrogen-bond donors (Lipinski definition) is 1. The van der Waals surface area contributed by atoms with Gasteiger partial charge in [0.05, 0.1) is 0 Å². The minimum absolute atomic E-state index is 0. The molecule has 6 heteroatoms. The van der Waals surface area contributed by atoms with Gasteiger partial charge in [-0.25, -0.2) is 0 Å². The predicted molar refractivity (Wildman–Crippen MR) is 91.8 cm³/mol. The molecular weight excluding hydrogens is 310 g/mol. The van der Waals surface area contributed by atoms with Crippen LogP contribution in [0.1, 0.15) is 31.3 Å². The average molecular weight is 333 g/mol. The summed E-state index contributed by atoms with van der Waals surface area (Å²) in [6.45, 7) is 1.53. The molecule has 1 aromatic carbocycles. The van der Waals surface area contributed by atoms with E-state index in [1.165, 1.54) is 5.56 Å². The zero-order chi connectivity index (χ0) is 15.5. The molecule has 4 rings (SSSR count). The van der Waals surface area contributed by atoms with Gasteiger partial charge in [-0.2, -0.15) is 0 Å². The highest BCUT2D eigenvalue weighted by atomic mass is 32.1. The molecule has 0 aliphatic carbocycles. The lowest BCUT2D eigenvalue weighted by molar-refractivity contribution is 0.0523. The van der Waals surface area contributed by atoms with Gasteiger partial charge in [0.1, 0.15) is 17.7 Å². The van der Waals surface area contributed by atoms with E-state index in [4.69, 9.17) is 9.47 Å². The smallest absolute Gasteiger partial charge is 0.208 e. The minimum Gasteiger partial charge on any atom is -0.373 e. The third kappa shape index (κ3) is 3.54. The minimum atomic E-state index is -0.350. The molecule has 2 aliphatic rings. The number of hydrogen-bond acceptors (Lipinski definition) is 6. The fourth-order valence-electron chi connectivity index (χ4n) is 3.04. The molecule has 0 amide bonds. The van der Waals surface area contributed by atoms with E-state index in [1.54, 1.807) is 11.3 Å². The molecule has 1 aromatic heterocycles. The Morgan fingerprint density at radius 3 is 2.87 bits per heavy atom. The van der Waals surface area contributed by atoms with Gasteiger partial charge in [0.2, 0.25) is 5.13 Å². The molecule has 2 unspecified atom stereocenters. The number of ether oxygens (including phenoxy) is 2. The summed E-state index contributed by atoms with van der Waals surface area (Å²) >= 11 is 1.62. The molecule has 0 spiro atoms. The van der Waals surface area contributed by atoms with E-state index in [0.29, 0.717) is 6.61 Å². The quantitative estimate of drug-likeness (QED) is 0.788. The van der Waals surface area contributed by atoms with Crippen LogP contribution < -0.4 is 5.32 Å². The van der Waals surface area contributed by atoms with Crippen molar-refractivity contribution in [2.45, 2.75) is 43.9 Å². The van der Waals surface area contributed by atoms with Gasteiger partial charge in [0, 0.05) is 14.5 Å². The van der Waals surface area contributed by atoms with Gasteiger partial charge in [-0.05, 0) is 31.2 Å². The van der Waals surface area contributed by atoms with Crippen molar-refractivity contribution >= 4 is 16.5 Å². The maximum absolute atomic E-state index is 5.74. The standard InChI is InChI=1S/C17H21N3O2S.H2/c1-2-6-13(7-3-1)8-4-10-15-19-20-16(23-15)18-17(12-22-17)14-9-5-11-21-14;/h1-3,6-7,14H,4-5,8-12H2,(H,18,20);1H. The summed E-state index contributed by atoms with van der Waals surface area (Å²) in [5.74, 6) is 0. The molecule has 3 heterocycles. The van der Waals surface area contributed by atoms with Crippen molar-refractivity contribution < 1.29 is 10.9 Å². The lowest BCUT2D eigenvalue weighted by Gasteiger charge is -2.19. The summed E-state index contributed by atoms with van der Waals surface area (Å²) in [7, 11) is 0. The van der Waals surface area contributed by atoms with Gasteiger partial charge in [-0.15, -0.1) is 10.2 Å². The van der Waals surface area contributed by atoms with Crippen LogP contribution in [-0.2, 0) is 22.3 Å². The van der Waals surface area contributed by atoms with E-state index < -0.39 is 0 Å². The summed E-state index contributed by atoms with van der Waals surface area (Å²) in [6, 6.07) is 10.6. The number of aryl methyl sites for hydroxylation is 2. The molecule has 2 atom stereocenters. The van der Waals surface area contributed by atoms with Crippen LogP contribution in [0.2, 0.25) is 0 Å². The molecule has 1 N–H and O–H groups in total. The van der Waals surface area contributed by atoms with Crippen molar-refractivity contribution in [1.29, 1.82) is 0 Å². The van der Waals surface area contributed by atoms with Crippen LogP contribution in [0.3, 0.4) is 0 Å². The van der Waals surface area contributed by atoms with Crippen LogP contribution in [0.4, 0.5) is 5.13 Å². The van der Waals surface area contributed by atoms with Crippen molar-refractivity contribution in [3.63, 3.8) is 0 Å². The highest BCUT2D eigenvalue weighted by Gasteiger charge is 2.54. The molecule has 2 aromatic rings. The van der Waals surface area contributed by atoms with Crippen LogP contribution in [0.5, 0.6) is 0 Å². The highest BCUT2D eigenvalue weighted by Crippen LogP contribution is 2.39. The molecule has 2 saturated heterocycles. The van der Waals surface area contributed by atoms with Crippen LogP contribution in [0.25, 0.3) is 0 Å². The Morgan fingerprint density at radius 2 is 2.13 bits per heavy atom. The largest absolute Gasteiger partial charge is 0.373 e. The second kappa shape index (κ2) is 6.55. The van der Waals surface area contributed by atoms with E-state index >= 15 is 0 Å². The molecule has 5 nitrogen and oxygen atoms in total. The first-order valence-corrected chi connectivity index (χ1v) is 9.06. The number of benzene rings is 1.